The lowest BCUT2D eigenvalue weighted by Crippen LogP contribution is -2.33. The lowest BCUT2D eigenvalue weighted by atomic mass is 10.1. The summed E-state index contributed by atoms with van der Waals surface area (Å²) < 4.78 is 12.0. The number of aliphatic hydroxyl groups excluding tert-OH is 3. The van der Waals surface area contributed by atoms with E-state index in [1.807, 2.05) is 0 Å². The molecule has 1 saturated heterocycles. The van der Waals surface area contributed by atoms with Gasteiger partial charge in [-0.1, -0.05) is 0 Å². The van der Waals surface area contributed by atoms with Gasteiger partial charge >= 0.3 is 0 Å². The van der Waals surface area contributed by atoms with Crippen molar-refractivity contribution in [2.45, 2.75) is 24.5 Å². The maximum atomic E-state index is 12.4. The van der Waals surface area contributed by atoms with Gasteiger partial charge in [0.15, 0.2) is 17.4 Å². The average molecular weight is 374 g/mol. The van der Waals surface area contributed by atoms with Crippen LogP contribution in [0.1, 0.15) is 6.23 Å². The van der Waals surface area contributed by atoms with Crippen LogP contribution in [0.3, 0.4) is 0 Å². The van der Waals surface area contributed by atoms with Crippen molar-refractivity contribution in [2.24, 2.45) is 0 Å². The van der Waals surface area contributed by atoms with E-state index in [4.69, 9.17) is 9.47 Å². The van der Waals surface area contributed by atoms with Crippen LogP contribution in [0.15, 0.2) is 35.4 Å². The standard InChI is InChI=1S/C17H18N4O6/c1-26-9-4-2-8(3-5-9)14-19-15-11(16(25)20-14)18-7-21(15)17-13(24)12(23)10(6-22)27-17/h2-5,7,10,12-13,17,22-24H,6H2,1H3,(H,19,20,25)/t10-,12-,13-,17-/m1/s1. The summed E-state index contributed by atoms with van der Waals surface area (Å²) >= 11 is 0. The van der Waals surface area contributed by atoms with Crippen LogP contribution in [0.4, 0.5) is 0 Å². The van der Waals surface area contributed by atoms with Gasteiger partial charge in [-0.15, -0.1) is 0 Å². The first-order valence-corrected chi connectivity index (χ1v) is 8.27. The monoisotopic (exact) mass is 374 g/mol. The molecule has 142 valence electrons. The number of rotatable bonds is 4. The van der Waals surface area contributed by atoms with Crippen LogP contribution in [0, 0.1) is 0 Å². The molecule has 0 bridgehead atoms. The zero-order valence-corrected chi connectivity index (χ0v) is 14.3. The second-order valence-corrected chi connectivity index (χ2v) is 6.20. The van der Waals surface area contributed by atoms with E-state index in [0.717, 1.165) is 0 Å². The zero-order chi connectivity index (χ0) is 19.1. The van der Waals surface area contributed by atoms with Crippen LogP contribution in [0.25, 0.3) is 22.6 Å². The van der Waals surface area contributed by atoms with Crippen LogP contribution in [0.2, 0.25) is 0 Å². The van der Waals surface area contributed by atoms with Gasteiger partial charge in [0, 0.05) is 5.56 Å². The number of benzene rings is 1. The fourth-order valence-electron chi connectivity index (χ4n) is 3.11. The molecule has 0 radical (unpaired) electrons. The molecule has 3 heterocycles. The number of hydrogen-bond acceptors (Lipinski definition) is 8. The number of aromatic nitrogens is 4. The number of hydrogen-bond donors (Lipinski definition) is 4. The molecule has 4 atom stereocenters. The van der Waals surface area contributed by atoms with E-state index in [9.17, 15) is 20.1 Å². The third-order valence-electron chi connectivity index (χ3n) is 4.59. The molecule has 1 aliphatic rings. The maximum Gasteiger partial charge on any atom is 0.279 e. The first-order chi connectivity index (χ1) is 13.0. The van der Waals surface area contributed by atoms with Gasteiger partial charge in [-0.2, -0.15) is 0 Å². The summed E-state index contributed by atoms with van der Waals surface area (Å²) in [4.78, 5) is 23.6. The quantitative estimate of drug-likeness (QED) is 0.474. The fourth-order valence-corrected chi connectivity index (χ4v) is 3.11. The highest BCUT2D eigenvalue weighted by atomic mass is 16.6. The van der Waals surface area contributed by atoms with E-state index < -0.39 is 36.7 Å². The van der Waals surface area contributed by atoms with E-state index in [1.54, 1.807) is 31.4 Å². The van der Waals surface area contributed by atoms with Gasteiger partial charge in [0.2, 0.25) is 0 Å². The van der Waals surface area contributed by atoms with Crippen molar-refractivity contribution in [3.8, 4) is 17.1 Å². The van der Waals surface area contributed by atoms with E-state index in [0.29, 0.717) is 17.1 Å². The first-order valence-electron chi connectivity index (χ1n) is 8.27. The molecular formula is C17H18N4O6. The topological polar surface area (TPSA) is 143 Å². The molecule has 4 rings (SSSR count). The Morgan fingerprint density at radius 2 is 2.00 bits per heavy atom. The Hall–Kier alpha value is -2.79. The maximum absolute atomic E-state index is 12.4. The number of H-pyrrole nitrogens is 1. The van der Waals surface area contributed by atoms with Crippen molar-refractivity contribution in [3.63, 3.8) is 0 Å². The minimum Gasteiger partial charge on any atom is -0.497 e. The van der Waals surface area contributed by atoms with Gasteiger partial charge < -0.3 is 29.8 Å². The molecule has 0 saturated carbocycles. The van der Waals surface area contributed by atoms with Crippen molar-refractivity contribution < 1.29 is 24.8 Å². The Bertz CT molecular complexity index is 1010. The summed E-state index contributed by atoms with van der Waals surface area (Å²) in [6.45, 7) is -0.452. The van der Waals surface area contributed by atoms with Crippen LogP contribution < -0.4 is 10.3 Å². The van der Waals surface area contributed by atoms with Gasteiger partial charge in [0.05, 0.1) is 20.0 Å². The molecule has 1 fully saturated rings. The van der Waals surface area contributed by atoms with Gasteiger partial charge in [0.25, 0.3) is 5.56 Å². The largest absolute Gasteiger partial charge is 0.497 e. The van der Waals surface area contributed by atoms with Crippen LogP contribution >= 0.6 is 0 Å². The summed E-state index contributed by atoms with van der Waals surface area (Å²) in [6.07, 6.45) is -3.22. The molecule has 0 unspecified atom stereocenters. The number of ether oxygens (including phenoxy) is 2. The molecule has 0 spiro atoms. The van der Waals surface area contributed by atoms with Crippen molar-refractivity contribution >= 4 is 11.2 Å². The first kappa shape index (κ1) is 17.6. The molecule has 2 aromatic heterocycles. The smallest absolute Gasteiger partial charge is 0.279 e. The second-order valence-electron chi connectivity index (χ2n) is 6.20. The van der Waals surface area contributed by atoms with E-state index in [1.165, 1.54) is 10.9 Å². The third kappa shape index (κ3) is 2.88. The lowest BCUT2D eigenvalue weighted by Gasteiger charge is -2.16. The van der Waals surface area contributed by atoms with Crippen molar-refractivity contribution in [1.82, 2.24) is 19.5 Å². The fraction of sp³-hybridized carbons (Fsp3) is 0.353. The Morgan fingerprint density at radius 1 is 1.26 bits per heavy atom. The molecule has 27 heavy (non-hydrogen) atoms. The molecule has 0 amide bonds. The average Bonchev–Trinajstić information content (AvgIpc) is 3.23. The van der Waals surface area contributed by atoms with Crippen molar-refractivity contribution in [2.75, 3.05) is 13.7 Å². The molecule has 1 aromatic carbocycles. The van der Waals surface area contributed by atoms with E-state index in [2.05, 4.69) is 15.0 Å². The molecule has 1 aliphatic heterocycles. The highest BCUT2D eigenvalue weighted by Crippen LogP contribution is 2.31. The second kappa shape index (κ2) is 6.74. The molecule has 0 aliphatic carbocycles. The Morgan fingerprint density at radius 3 is 2.63 bits per heavy atom. The van der Waals surface area contributed by atoms with E-state index in [-0.39, 0.29) is 11.2 Å². The minimum atomic E-state index is -1.30. The highest BCUT2D eigenvalue weighted by molar-refractivity contribution is 5.72. The number of imidazole rings is 1. The number of aliphatic hydroxyl groups is 3. The van der Waals surface area contributed by atoms with Crippen LogP contribution in [-0.4, -0.2) is 66.9 Å². The highest BCUT2D eigenvalue weighted by Gasteiger charge is 2.44. The van der Waals surface area contributed by atoms with Crippen LogP contribution in [0.5, 0.6) is 5.75 Å². The molecule has 4 N–H and O–H groups in total. The Balaban J connectivity index is 1.80. The van der Waals surface area contributed by atoms with Gasteiger partial charge in [0.1, 0.15) is 29.9 Å². The summed E-state index contributed by atoms with van der Waals surface area (Å²) in [7, 11) is 1.56. The molecule has 10 heteroatoms. The van der Waals surface area contributed by atoms with Gasteiger partial charge in [-0.25, -0.2) is 9.97 Å². The lowest BCUT2D eigenvalue weighted by molar-refractivity contribution is -0.0511. The SMILES string of the molecule is COc1ccc(-c2nc3c(ncn3[C@@H]3O[C@H](CO)[C@@H](O)[C@H]3O)c(=O)[nH]2)cc1. The summed E-state index contributed by atoms with van der Waals surface area (Å²) in [6, 6.07) is 6.97. The minimum absolute atomic E-state index is 0.0741. The van der Waals surface area contributed by atoms with Gasteiger partial charge in [-0.05, 0) is 24.3 Å². The molecule has 3 aromatic rings. The normalized spacial score (nSPS) is 25.2. The predicted octanol–water partition coefficient (Wildman–Crippen LogP) is -0.593. The van der Waals surface area contributed by atoms with E-state index >= 15 is 0 Å². The van der Waals surface area contributed by atoms with Crippen LogP contribution in [-0.2, 0) is 4.74 Å². The van der Waals surface area contributed by atoms with Crippen molar-refractivity contribution in [1.29, 1.82) is 0 Å². The molecular weight excluding hydrogens is 356 g/mol. The number of nitrogens with zero attached hydrogens (tertiary/aromatic N) is 3. The third-order valence-corrected chi connectivity index (χ3v) is 4.59. The number of fused-ring (bicyclic) bond motifs is 1. The Kier molecular flexibility index (Phi) is 4.40. The molecule has 10 nitrogen and oxygen atoms in total. The predicted molar refractivity (Wildman–Crippen MR) is 93.1 cm³/mol. The van der Waals surface area contributed by atoms with Crippen molar-refractivity contribution in [3.05, 3.63) is 40.9 Å². The summed E-state index contributed by atoms with van der Waals surface area (Å²) in [5, 5.41) is 29.5. The number of nitrogens with one attached hydrogen (secondary N) is 1. The zero-order valence-electron chi connectivity index (χ0n) is 14.3. The van der Waals surface area contributed by atoms with Gasteiger partial charge in [-0.3, -0.25) is 9.36 Å². The number of aromatic amines is 1. The number of methoxy groups -OCH3 is 1. The summed E-state index contributed by atoms with van der Waals surface area (Å²) in [5.41, 5.74) is 0.476. The summed E-state index contributed by atoms with van der Waals surface area (Å²) in [5.74, 6) is 0.974. The Labute approximate surface area is 152 Å².